The van der Waals surface area contributed by atoms with Gasteiger partial charge in [0, 0.05) is 26.2 Å². The second-order valence-corrected chi connectivity index (χ2v) is 5.42. The molecule has 0 spiro atoms. The summed E-state index contributed by atoms with van der Waals surface area (Å²) in [6, 6.07) is 7.76. The number of ether oxygens (including phenoxy) is 1. The van der Waals surface area contributed by atoms with Crippen molar-refractivity contribution in [1.29, 1.82) is 0 Å². The molecule has 116 valence electrons. The summed E-state index contributed by atoms with van der Waals surface area (Å²) in [5.41, 5.74) is 6.57. The Bertz CT molecular complexity index is 457. The van der Waals surface area contributed by atoms with Crippen molar-refractivity contribution in [3.8, 4) is 5.75 Å². The van der Waals surface area contributed by atoms with Crippen LogP contribution in [0.15, 0.2) is 24.3 Å². The highest BCUT2D eigenvalue weighted by molar-refractivity contribution is 5.77. The number of rotatable bonds is 6. The Morgan fingerprint density at radius 2 is 1.95 bits per heavy atom. The van der Waals surface area contributed by atoms with Gasteiger partial charge in [-0.15, -0.1) is 0 Å². The minimum absolute atomic E-state index is 0.0664. The summed E-state index contributed by atoms with van der Waals surface area (Å²) in [6.07, 6.45) is 1.02. The van der Waals surface area contributed by atoms with Gasteiger partial charge in [0.2, 0.25) is 0 Å². The number of nitrogens with two attached hydrogens (primary N) is 1. The second-order valence-electron chi connectivity index (χ2n) is 5.42. The van der Waals surface area contributed by atoms with Crippen LogP contribution in [0.4, 0.5) is 0 Å². The Morgan fingerprint density at radius 3 is 2.62 bits per heavy atom. The molecule has 0 aliphatic carbocycles. The highest BCUT2D eigenvalue weighted by Gasteiger charge is 2.21. The molecule has 0 aromatic heterocycles. The van der Waals surface area contributed by atoms with Crippen LogP contribution in [-0.2, 0) is 4.79 Å². The Kier molecular flexibility index (Phi) is 6.02. The Labute approximate surface area is 126 Å². The number of benzene rings is 1. The summed E-state index contributed by atoms with van der Waals surface area (Å²) in [5, 5.41) is 0. The largest absolute Gasteiger partial charge is 0.484 e. The zero-order valence-corrected chi connectivity index (χ0v) is 12.8. The lowest BCUT2D eigenvalue weighted by Crippen LogP contribution is -2.50. The lowest BCUT2D eigenvalue weighted by Gasteiger charge is -2.34. The van der Waals surface area contributed by atoms with Crippen molar-refractivity contribution in [2.45, 2.75) is 13.3 Å². The lowest BCUT2D eigenvalue weighted by atomic mass is 10.2. The maximum absolute atomic E-state index is 12.2. The standard InChI is InChI=1S/C16H25N3O2/c1-14-5-2-3-6-15(14)21-13-16(20)19-11-9-18(10-12-19)8-4-7-17/h2-3,5-6H,4,7-13,17H2,1H3. The minimum atomic E-state index is 0.0664. The molecule has 1 heterocycles. The molecule has 1 aromatic carbocycles. The quantitative estimate of drug-likeness (QED) is 0.845. The van der Waals surface area contributed by atoms with Gasteiger partial charge in [-0.25, -0.2) is 0 Å². The summed E-state index contributed by atoms with van der Waals surface area (Å²) in [5.74, 6) is 0.851. The van der Waals surface area contributed by atoms with Gasteiger partial charge in [0.1, 0.15) is 5.75 Å². The van der Waals surface area contributed by atoms with E-state index in [2.05, 4.69) is 4.90 Å². The summed E-state index contributed by atoms with van der Waals surface area (Å²) in [7, 11) is 0. The van der Waals surface area contributed by atoms with Gasteiger partial charge in [0.05, 0.1) is 0 Å². The molecule has 1 fully saturated rings. The van der Waals surface area contributed by atoms with Crippen molar-refractivity contribution < 1.29 is 9.53 Å². The molecule has 0 radical (unpaired) electrons. The molecule has 2 rings (SSSR count). The molecule has 0 atom stereocenters. The predicted molar refractivity (Wildman–Crippen MR) is 83.4 cm³/mol. The van der Waals surface area contributed by atoms with E-state index in [0.29, 0.717) is 0 Å². The molecule has 1 amide bonds. The van der Waals surface area contributed by atoms with Crippen LogP contribution in [0.1, 0.15) is 12.0 Å². The highest BCUT2D eigenvalue weighted by atomic mass is 16.5. The van der Waals surface area contributed by atoms with E-state index in [1.54, 1.807) is 0 Å². The molecule has 1 aliphatic rings. The zero-order chi connectivity index (χ0) is 15.1. The average molecular weight is 291 g/mol. The van der Waals surface area contributed by atoms with E-state index in [9.17, 15) is 4.79 Å². The van der Waals surface area contributed by atoms with Crippen molar-refractivity contribution in [3.63, 3.8) is 0 Å². The van der Waals surface area contributed by atoms with E-state index in [0.717, 1.165) is 57.0 Å². The van der Waals surface area contributed by atoms with Crippen LogP contribution >= 0.6 is 0 Å². The van der Waals surface area contributed by atoms with Gasteiger partial charge >= 0.3 is 0 Å². The third-order valence-corrected chi connectivity index (χ3v) is 3.85. The molecule has 1 aromatic rings. The summed E-state index contributed by atoms with van der Waals surface area (Å²) in [6.45, 7) is 7.26. The van der Waals surface area contributed by atoms with Gasteiger partial charge in [-0.1, -0.05) is 18.2 Å². The van der Waals surface area contributed by atoms with Crippen LogP contribution in [0.2, 0.25) is 0 Å². The van der Waals surface area contributed by atoms with Crippen LogP contribution in [-0.4, -0.2) is 61.6 Å². The van der Waals surface area contributed by atoms with Gasteiger partial charge in [-0.05, 0) is 38.1 Å². The van der Waals surface area contributed by atoms with Crippen molar-refractivity contribution in [2.24, 2.45) is 5.73 Å². The van der Waals surface area contributed by atoms with Crippen LogP contribution in [0.3, 0.4) is 0 Å². The molecule has 0 saturated carbocycles. The Balaban J connectivity index is 1.74. The predicted octanol–water partition coefficient (Wildman–Crippen LogP) is 0.867. The number of nitrogens with zero attached hydrogens (tertiary/aromatic N) is 2. The van der Waals surface area contributed by atoms with E-state index in [4.69, 9.17) is 10.5 Å². The molecule has 0 bridgehead atoms. The fourth-order valence-electron chi connectivity index (χ4n) is 2.48. The number of carbonyl (C=O) groups is 1. The summed E-state index contributed by atoms with van der Waals surface area (Å²) < 4.78 is 5.62. The first kappa shape index (κ1) is 15.8. The van der Waals surface area contributed by atoms with E-state index in [1.807, 2.05) is 36.1 Å². The van der Waals surface area contributed by atoms with E-state index >= 15 is 0 Å². The van der Waals surface area contributed by atoms with Gasteiger partial charge in [0.25, 0.3) is 5.91 Å². The SMILES string of the molecule is Cc1ccccc1OCC(=O)N1CCN(CCCN)CC1. The van der Waals surface area contributed by atoms with Crippen molar-refractivity contribution in [2.75, 3.05) is 45.9 Å². The molecule has 5 nitrogen and oxygen atoms in total. The fourth-order valence-corrected chi connectivity index (χ4v) is 2.48. The van der Waals surface area contributed by atoms with E-state index in [1.165, 1.54) is 0 Å². The van der Waals surface area contributed by atoms with Gasteiger partial charge in [-0.3, -0.25) is 9.69 Å². The molecule has 1 aliphatic heterocycles. The molecular weight excluding hydrogens is 266 g/mol. The number of para-hydroxylation sites is 1. The summed E-state index contributed by atoms with van der Waals surface area (Å²) >= 11 is 0. The van der Waals surface area contributed by atoms with Gasteiger partial charge in [-0.2, -0.15) is 0 Å². The number of piperazine rings is 1. The third kappa shape index (κ3) is 4.72. The van der Waals surface area contributed by atoms with Gasteiger partial charge in [0.15, 0.2) is 6.61 Å². The third-order valence-electron chi connectivity index (χ3n) is 3.85. The van der Waals surface area contributed by atoms with E-state index in [-0.39, 0.29) is 12.5 Å². The monoisotopic (exact) mass is 291 g/mol. The average Bonchev–Trinajstić information content (AvgIpc) is 2.52. The molecular formula is C16H25N3O2. The van der Waals surface area contributed by atoms with E-state index < -0.39 is 0 Å². The van der Waals surface area contributed by atoms with Crippen LogP contribution < -0.4 is 10.5 Å². The number of amides is 1. The molecule has 1 saturated heterocycles. The maximum Gasteiger partial charge on any atom is 0.260 e. The Hall–Kier alpha value is -1.59. The van der Waals surface area contributed by atoms with Crippen molar-refractivity contribution in [3.05, 3.63) is 29.8 Å². The molecule has 0 unspecified atom stereocenters. The topological polar surface area (TPSA) is 58.8 Å². The first-order chi connectivity index (χ1) is 10.2. The van der Waals surface area contributed by atoms with Crippen molar-refractivity contribution in [1.82, 2.24) is 9.80 Å². The molecule has 21 heavy (non-hydrogen) atoms. The lowest BCUT2D eigenvalue weighted by molar-refractivity contribution is -0.135. The van der Waals surface area contributed by atoms with Crippen LogP contribution in [0.25, 0.3) is 0 Å². The number of hydrogen-bond acceptors (Lipinski definition) is 4. The van der Waals surface area contributed by atoms with Crippen LogP contribution in [0, 0.1) is 6.92 Å². The normalized spacial score (nSPS) is 16.0. The highest BCUT2D eigenvalue weighted by Crippen LogP contribution is 2.16. The molecule has 5 heteroatoms. The van der Waals surface area contributed by atoms with Crippen LogP contribution in [0.5, 0.6) is 5.75 Å². The number of carbonyl (C=O) groups excluding carboxylic acids is 1. The smallest absolute Gasteiger partial charge is 0.260 e. The summed E-state index contributed by atoms with van der Waals surface area (Å²) in [4.78, 5) is 16.4. The fraction of sp³-hybridized carbons (Fsp3) is 0.562. The zero-order valence-electron chi connectivity index (χ0n) is 12.8. The Morgan fingerprint density at radius 1 is 1.24 bits per heavy atom. The first-order valence-electron chi connectivity index (χ1n) is 7.59. The minimum Gasteiger partial charge on any atom is -0.484 e. The van der Waals surface area contributed by atoms with Crippen molar-refractivity contribution >= 4 is 5.91 Å². The maximum atomic E-state index is 12.2. The van der Waals surface area contributed by atoms with Gasteiger partial charge < -0.3 is 15.4 Å². The number of aryl methyl sites for hydroxylation is 1. The second kappa shape index (κ2) is 8.00. The first-order valence-corrected chi connectivity index (χ1v) is 7.59. The number of hydrogen-bond donors (Lipinski definition) is 1. The molecule has 2 N–H and O–H groups in total.